The van der Waals surface area contributed by atoms with Crippen LogP contribution >= 0.6 is 22.7 Å². The Morgan fingerprint density at radius 3 is 2.72 bits per heavy atom. The lowest BCUT2D eigenvalue weighted by Crippen LogP contribution is -2.16. The lowest BCUT2D eigenvalue weighted by molar-refractivity contribution is 0.324. The topological polar surface area (TPSA) is 28.2 Å². The molecule has 0 saturated heterocycles. The van der Waals surface area contributed by atoms with E-state index in [4.69, 9.17) is 0 Å². The molecule has 98 valence electrons. The highest BCUT2D eigenvalue weighted by Gasteiger charge is 2.07. The molecule has 0 radical (unpaired) electrons. The Kier molecular flexibility index (Phi) is 4.88. The number of rotatable bonds is 6. The SMILES string of the molecule is CNCc1ccc(CN(C)Cc2scnc2C)s1. The average Bonchev–Trinajstić information content (AvgIpc) is 2.90. The normalized spacial score (nSPS) is 11.3. The number of thiazole rings is 1. The molecule has 18 heavy (non-hydrogen) atoms. The maximum Gasteiger partial charge on any atom is 0.0798 e. The first-order valence-electron chi connectivity index (χ1n) is 5.98. The van der Waals surface area contributed by atoms with Crippen LogP contribution < -0.4 is 5.32 Å². The summed E-state index contributed by atoms with van der Waals surface area (Å²) in [4.78, 5) is 10.8. The molecule has 0 bridgehead atoms. The van der Waals surface area contributed by atoms with Crippen LogP contribution in [0.2, 0.25) is 0 Å². The number of hydrogen-bond acceptors (Lipinski definition) is 5. The van der Waals surface area contributed by atoms with E-state index in [1.807, 2.05) is 23.9 Å². The van der Waals surface area contributed by atoms with Crippen LogP contribution in [0.15, 0.2) is 17.6 Å². The van der Waals surface area contributed by atoms with Gasteiger partial charge < -0.3 is 5.32 Å². The fourth-order valence-electron chi connectivity index (χ4n) is 1.82. The fraction of sp³-hybridized carbons (Fsp3) is 0.462. The first-order valence-corrected chi connectivity index (χ1v) is 7.68. The summed E-state index contributed by atoms with van der Waals surface area (Å²) in [5.41, 5.74) is 3.09. The Hall–Kier alpha value is -0.750. The molecule has 2 aromatic heterocycles. The van der Waals surface area contributed by atoms with Gasteiger partial charge in [-0.15, -0.1) is 22.7 Å². The molecule has 0 aliphatic heterocycles. The van der Waals surface area contributed by atoms with Crippen LogP contribution in [0.1, 0.15) is 20.3 Å². The Balaban J connectivity index is 1.90. The number of aryl methyl sites for hydroxylation is 1. The summed E-state index contributed by atoms with van der Waals surface area (Å²) >= 11 is 3.63. The van der Waals surface area contributed by atoms with Crippen LogP contribution in [-0.2, 0) is 19.6 Å². The van der Waals surface area contributed by atoms with E-state index in [2.05, 4.69) is 41.3 Å². The number of nitrogens with one attached hydrogen (secondary N) is 1. The quantitative estimate of drug-likeness (QED) is 0.882. The molecular weight excluding hydrogens is 262 g/mol. The van der Waals surface area contributed by atoms with Crippen LogP contribution in [0.25, 0.3) is 0 Å². The van der Waals surface area contributed by atoms with E-state index in [-0.39, 0.29) is 0 Å². The van der Waals surface area contributed by atoms with Gasteiger partial charge in [0, 0.05) is 34.3 Å². The molecule has 2 heterocycles. The Bertz CT molecular complexity index is 490. The van der Waals surface area contributed by atoms with Crippen LogP contribution in [0.4, 0.5) is 0 Å². The third-order valence-corrected chi connectivity index (χ3v) is 4.74. The highest BCUT2D eigenvalue weighted by molar-refractivity contribution is 7.12. The molecule has 0 aliphatic rings. The van der Waals surface area contributed by atoms with Crippen molar-refractivity contribution in [1.82, 2.24) is 15.2 Å². The molecule has 2 aromatic rings. The lowest BCUT2D eigenvalue weighted by Gasteiger charge is -2.14. The maximum absolute atomic E-state index is 4.29. The third-order valence-electron chi connectivity index (χ3n) is 2.75. The fourth-order valence-corrected chi connectivity index (χ4v) is 3.79. The molecule has 0 unspecified atom stereocenters. The smallest absolute Gasteiger partial charge is 0.0798 e. The van der Waals surface area contributed by atoms with Crippen molar-refractivity contribution in [1.29, 1.82) is 0 Å². The van der Waals surface area contributed by atoms with Gasteiger partial charge in [0.2, 0.25) is 0 Å². The van der Waals surface area contributed by atoms with E-state index >= 15 is 0 Å². The summed E-state index contributed by atoms with van der Waals surface area (Å²) in [6.45, 7) is 5.03. The Morgan fingerprint density at radius 2 is 2.06 bits per heavy atom. The summed E-state index contributed by atoms with van der Waals surface area (Å²) in [6, 6.07) is 4.44. The number of nitrogens with zero attached hydrogens (tertiary/aromatic N) is 2. The second kappa shape index (κ2) is 6.43. The van der Waals surface area contributed by atoms with Crippen LogP contribution in [0.5, 0.6) is 0 Å². The third kappa shape index (κ3) is 3.62. The minimum absolute atomic E-state index is 0.961. The van der Waals surface area contributed by atoms with Gasteiger partial charge in [-0.3, -0.25) is 4.90 Å². The van der Waals surface area contributed by atoms with Gasteiger partial charge in [-0.05, 0) is 33.2 Å². The summed E-state index contributed by atoms with van der Waals surface area (Å²) in [5.74, 6) is 0. The molecule has 0 saturated carbocycles. The van der Waals surface area contributed by atoms with Gasteiger partial charge in [0.15, 0.2) is 0 Å². The molecule has 2 rings (SSSR count). The molecule has 0 atom stereocenters. The zero-order chi connectivity index (χ0) is 13.0. The van der Waals surface area contributed by atoms with E-state index < -0.39 is 0 Å². The van der Waals surface area contributed by atoms with Crippen molar-refractivity contribution < 1.29 is 0 Å². The van der Waals surface area contributed by atoms with E-state index in [1.165, 1.54) is 14.6 Å². The van der Waals surface area contributed by atoms with E-state index in [9.17, 15) is 0 Å². The predicted molar refractivity (Wildman–Crippen MR) is 79.1 cm³/mol. The van der Waals surface area contributed by atoms with Gasteiger partial charge in [-0.1, -0.05) is 0 Å². The van der Waals surface area contributed by atoms with E-state index in [0.717, 1.165) is 25.3 Å². The molecule has 1 N–H and O–H groups in total. The largest absolute Gasteiger partial charge is 0.315 e. The number of hydrogen-bond donors (Lipinski definition) is 1. The lowest BCUT2D eigenvalue weighted by atomic mass is 10.3. The minimum Gasteiger partial charge on any atom is -0.315 e. The van der Waals surface area contributed by atoms with Crippen molar-refractivity contribution in [3.8, 4) is 0 Å². The van der Waals surface area contributed by atoms with Crippen molar-refractivity contribution in [2.45, 2.75) is 26.6 Å². The first-order chi connectivity index (χ1) is 8.69. The van der Waals surface area contributed by atoms with Crippen molar-refractivity contribution in [2.24, 2.45) is 0 Å². The standard InChI is InChI=1S/C13H19N3S2/c1-10-13(17-9-15-10)8-16(3)7-12-5-4-11(18-12)6-14-2/h4-5,9,14H,6-8H2,1-3H3. The molecule has 5 heteroatoms. The predicted octanol–water partition coefficient (Wildman–Crippen LogP) is 2.86. The minimum atomic E-state index is 0.961. The molecule has 3 nitrogen and oxygen atoms in total. The zero-order valence-electron chi connectivity index (χ0n) is 11.1. The van der Waals surface area contributed by atoms with Gasteiger partial charge in [-0.25, -0.2) is 4.98 Å². The van der Waals surface area contributed by atoms with E-state index in [0.29, 0.717) is 0 Å². The van der Waals surface area contributed by atoms with Crippen LogP contribution in [-0.4, -0.2) is 24.0 Å². The van der Waals surface area contributed by atoms with Crippen molar-refractivity contribution in [3.05, 3.63) is 38.0 Å². The molecule has 0 spiro atoms. The van der Waals surface area contributed by atoms with Gasteiger partial charge in [0.25, 0.3) is 0 Å². The van der Waals surface area contributed by atoms with Crippen molar-refractivity contribution >= 4 is 22.7 Å². The summed E-state index contributed by atoms with van der Waals surface area (Å²) in [6.07, 6.45) is 0. The second-order valence-corrected chi connectivity index (χ2v) is 6.62. The molecule has 0 aromatic carbocycles. The summed E-state index contributed by atoms with van der Waals surface area (Å²) in [5, 5.41) is 3.18. The van der Waals surface area contributed by atoms with Crippen LogP contribution in [0.3, 0.4) is 0 Å². The second-order valence-electron chi connectivity index (χ2n) is 4.43. The first kappa shape index (κ1) is 13.7. The van der Waals surface area contributed by atoms with Crippen LogP contribution in [0, 0.1) is 6.92 Å². The van der Waals surface area contributed by atoms with Gasteiger partial charge in [-0.2, -0.15) is 0 Å². The number of thiophene rings is 1. The monoisotopic (exact) mass is 281 g/mol. The van der Waals surface area contributed by atoms with Gasteiger partial charge in [0.05, 0.1) is 11.2 Å². The summed E-state index contributed by atoms with van der Waals surface area (Å²) in [7, 11) is 4.15. The Morgan fingerprint density at radius 1 is 1.28 bits per heavy atom. The molecule has 0 fully saturated rings. The van der Waals surface area contributed by atoms with Crippen molar-refractivity contribution in [2.75, 3.05) is 14.1 Å². The van der Waals surface area contributed by atoms with Crippen molar-refractivity contribution in [3.63, 3.8) is 0 Å². The highest BCUT2D eigenvalue weighted by Crippen LogP contribution is 2.20. The van der Waals surface area contributed by atoms with Gasteiger partial charge in [0.1, 0.15) is 0 Å². The zero-order valence-corrected chi connectivity index (χ0v) is 12.7. The molecular formula is C13H19N3S2. The molecule has 0 aliphatic carbocycles. The van der Waals surface area contributed by atoms with E-state index in [1.54, 1.807) is 11.3 Å². The van der Waals surface area contributed by atoms with Gasteiger partial charge >= 0.3 is 0 Å². The average molecular weight is 281 g/mol. The molecule has 0 amide bonds. The Labute approximate surface area is 116 Å². The maximum atomic E-state index is 4.29. The number of aromatic nitrogens is 1. The highest BCUT2D eigenvalue weighted by atomic mass is 32.1. The summed E-state index contributed by atoms with van der Waals surface area (Å²) < 4.78 is 0.